The smallest absolute Gasteiger partial charge is 0.0648 e. The SMILES string of the molecule is CC(=NNc1ccc(C)cc1)c1ccc(-c2ccccc2)cc1. The average Bonchev–Trinajstić information content (AvgIpc) is 2.62. The predicted molar refractivity (Wildman–Crippen MR) is 98.9 cm³/mol. The van der Waals surface area contributed by atoms with Crippen LogP contribution in [0, 0.1) is 6.92 Å². The largest absolute Gasteiger partial charge is 0.278 e. The molecule has 0 spiro atoms. The Hall–Kier alpha value is -2.87. The van der Waals surface area contributed by atoms with Gasteiger partial charge in [0.1, 0.15) is 0 Å². The summed E-state index contributed by atoms with van der Waals surface area (Å²) in [6, 6.07) is 27.1. The maximum absolute atomic E-state index is 4.46. The molecule has 0 unspecified atom stereocenters. The average molecular weight is 300 g/mol. The van der Waals surface area contributed by atoms with E-state index in [0.29, 0.717) is 0 Å². The Morgan fingerprint density at radius 1 is 0.739 bits per heavy atom. The Bertz CT molecular complexity index is 786. The molecule has 0 aliphatic heterocycles. The molecule has 2 nitrogen and oxygen atoms in total. The van der Waals surface area contributed by atoms with Crippen molar-refractivity contribution in [3.8, 4) is 11.1 Å². The van der Waals surface area contributed by atoms with Gasteiger partial charge in [-0.05, 0) is 42.7 Å². The predicted octanol–water partition coefficient (Wildman–Crippen LogP) is 5.50. The first kappa shape index (κ1) is 15.0. The van der Waals surface area contributed by atoms with E-state index in [4.69, 9.17) is 0 Å². The molecule has 2 heteroatoms. The molecule has 0 heterocycles. The van der Waals surface area contributed by atoms with Crippen LogP contribution in [0.3, 0.4) is 0 Å². The maximum atomic E-state index is 4.46. The van der Waals surface area contributed by atoms with Crippen LogP contribution >= 0.6 is 0 Å². The fourth-order valence-electron chi connectivity index (χ4n) is 2.38. The number of hydrazone groups is 1. The van der Waals surface area contributed by atoms with Crippen molar-refractivity contribution in [1.82, 2.24) is 0 Å². The van der Waals surface area contributed by atoms with Gasteiger partial charge in [0.25, 0.3) is 0 Å². The fraction of sp³-hybridized carbons (Fsp3) is 0.0952. The Morgan fingerprint density at radius 3 is 2.00 bits per heavy atom. The monoisotopic (exact) mass is 300 g/mol. The van der Waals surface area contributed by atoms with E-state index in [0.717, 1.165) is 17.0 Å². The highest BCUT2D eigenvalue weighted by atomic mass is 15.3. The summed E-state index contributed by atoms with van der Waals surface area (Å²) >= 11 is 0. The van der Waals surface area contributed by atoms with Crippen LogP contribution in [0.15, 0.2) is 84.0 Å². The van der Waals surface area contributed by atoms with E-state index in [-0.39, 0.29) is 0 Å². The lowest BCUT2D eigenvalue weighted by Crippen LogP contribution is -1.99. The van der Waals surface area contributed by atoms with Crippen molar-refractivity contribution in [2.75, 3.05) is 5.43 Å². The van der Waals surface area contributed by atoms with Crippen LogP contribution in [0.25, 0.3) is 11.1 Å². The van der Waals surface area contributed by atoms with Crippen LogP contribution in [0.5, 0.6) is 0 Å². The number of hydrogen-bond acceptors (Lipinski definition) is 2. The molecule has 3 aromatic carbocycles. The molecular weight excluding hydrogens is 280 g/mol. The summed E-state index contributed by atoms with van der Waals surface area (Å²) < 4.78 is 0. The van der Waals surface area contributed by atoms with Crippen LogP contribution in [-0.4, -0.2) is 5.71 Å². The zero-order valence-electron chi connectivity index (χ0n) is 13.5. The van der Waals surface area contributed by atoms with Gasteiger partial charge in [-0.3, -0.25) is 5.43 Å². The molecule has 0 aliphatic rings. The summed E-state index contributed by atoms with van der Waals surface area (Å²) in [7, 11) is 0. The maximum Gasteiger partial charge on any atom is 0.0648 e. The van der Waals surface area contributed by atoms with Crippen LogP contribution in [0.4, 0.5) is 5.69 Å². The van der Waals surface area contributed by atoms with Crippen molar-refractivity contribution in [2.45, 2.75) is 13.8 Å². The highest BCUT2D eigenvalue weighted by Crippen LogP contribution is 2.19. The molecule has 23 heavy (non-hydrogen) atoms. The second-order valence-electron chi connectivity index (χ2n) is 5.62. The summed E-state index contributed by atoms with van der Waals surface area (Å²) in [5.41, 5.74) is 9.87. The zero-order valence-corrected chi connectivity index (χ0v) is 13.5. The summed E-state index contributed by atoms with van der Waals surface area (Å²) in [5, 5.41) is 4.46. The van der Waals surface area contributed by atoms with Crippen molar-refractivity contribution in [2.24, 2.45) is 5.10 Å². The lowest BCUT2D eigenvalue weighted by atomic mass is 10.0. The van der Waals surface area contributed by atoms with Crippen LogP contribution < -0.4 is 5.43 Å². The first-order chi connectivity index (χ1) is 11.2. The molecule has 1 N–H and O–H groups in total. The van der Waals surface area contributed by atoms with Gasteiger partial charge in [0.15, 0.2) is 0 Å². The minimum atomic E-state index is 0.963. The van der Waals surface area contributed by atoms with E-state index in [9.17, 15) is 0 Å². The standard InChI is InChI=1S/C21H20N2/c1-16-8-14-21(15-9-16)23-22-17(2)18-10-12-20(13-11-18)19-6-4-3-5-7-19/h3-15,23H,1-2H3. The summed E-state index contributed by atoms with van der Waals surface area (Å²) in [6.07, 6.45) is 0. The molecule has 0 saturated carbocycles. The van der Waals surface area contributed by atoms with Gasteiger partial charge < -0.3 is 0 Å². The normalized spacial score (nSPS) is 11.3. The topological polar surface area (TPSA) is 24.4 Å². The molecule has 0 fully saturated rings. The van der Waals surface area contributed by atoms with E-state index in [1.807, 2.05) is 25.1 Å². The van der Waals surface area contributed by atoms with Crippen molar-refractivity contribution < 1.29 is 0 Å². The first-order valence-corrected chi connectivity index (χ1v) is 7.75. The Morgan fingerprint density at radius 2 is 1.35 bits per heavy atom. The lowest BCUT2D eigenvalue weighted by Gasteiger charge is -2.06. The third-order valence-corrected chi connectivity index (χ3v) is 3.81. The Kier molecular flexibility index (Phi) is 4.53. The Labute approximate surface area is 137 Å². The second-order valence-corrected chi connectivity index (χ2v) is 5.62. The zero-order chi connectivity index (χ0) is 16.1. The molecule has 0 bridgehead atoms. The van der Waals surface area contributed by atoms with Crippen molar-refractivity contribution >= 4 is 11.4 Å². The Balaban J connectivity index is 1.73. The van der Waals surface area contributed by atoms with Crippen LogP contribution in [0.2, 0.25) is 0 Å². The molecule has 3 rings (SSSR count). The van der Waals surface area contributed by atoms with Gasteiger partial charge in [-0.25, -0.2) is 0 Å². The van der Waals surface area contributed by atoms with E-state index >= 15 is 0 Å². The van der Waals surface area contributed by atoms with Gasteiger partial charge >= 0.3 is 0 Å². The van der Waals surface area contributed by atoms with E-state index in [1.54, 1.807) is 0 Å². The number of hydrogen-bond donors (Lipinski definition) is 1. The quantitative estimate of drug-likeness (QED) is 0.499. The molecular formula is C21H20N2. The highest BCUT2D eigenvalue weighted by molar-refractivity contribution is 5.99. The first-order valence-electron chi connectivity index (χ1n) is 7.75. The van der Waals surface area contributed by atoms with E-state index in [2.05, 4.69) is 78.1 Å². The van der Waals surface area contributed by atoms with Crippen molar-refractivity contribution in [3.05, 3.63) is 90.0 Å². The molecule has 0 atom stereocenters. The van der Waals surface area contributed by atoms with Gasteiger partial charge in [0.2, 0.25) is 0 Å². The minimum Gasteiger partial charge on any atom is -0.278 e. The molecule has 0 saturated heterocycles. The van der Waals surface area contributed by atoms with Gasteiger partial charge in [-0.1, -0.05) is 72.3 Å². The molecule has 0 aliphatic carbocycles. The molecule has 3 aromatic rings. The van der Waals surface area contributed by atoms with Crippen LogP contribution in [0.1, 0.15) is 18.1 Å². The molecule has 0 amide bonds. The number of anilines is 1. The number of rotatable bonds is 4. The van der Waals surface area contributed by atoms with Crippen molar-refractivity contribution in [1.29, 1.82) is 0 Å². The lowest BCUT2D eigenvalue weighted by molar-refractivity contribution is 1.31. The second kappa shape index (κ2) is 6.93. The highest BCUT2D eigenvalue weighted by Gasteiger charge is 2.00. The third kappa shape index (κ3) is 3.86. The molecule has 0 radical (unpaired) electrons. The molecule has 114 valence electrons. The van der Waals surface area contributed by atoms with E-state index in [1.165, 1.54) is 16.7 Å². The van der Waals surface area contributed by atoms with Crippen LogP contribution in [-0.2, 0) is 0 Å². The van der Waals surface area contributed by atoms with E-state index < -0.39 is 0 Å². The molecule has 0 aromatic heterocycles. The summed E-state index contributed by atoms with van der Waals surface area (Å²) in [6.45, 7) is 4.09. The fourth-order valence-corrected chi connectivity index (χ4v) is 2.38. The van der Waals surface area contributed by atoms with Gasteiger partial charge in [0.05, 0.1) is 11.4 Å². The van der Waals surface area contributed by atoms with Gasteiger partial charge in [-0.15, -0.1) is 0 Å². The third-order valence-electron chi connectivity index (χ3n) is 3.81. The number of aryl methyl sites for hydroxylation is 1. The summed E-state index contributed by atoms with van der Waals surface area (Å²) in [4.78, 5) is 0. The van der Waals surface area contributed by atoms with Gasteiger partial charge in [-0.2, -0.15) is 5.10 Å². The number of nitrogens with one attached hydrogen (secondary N) is 1. The summed E-state index contributed by atoms with van der Waals surface area (Å²) in [5.74, 6) is 0. The minimum absolute atomic E-state index is 0.963. The number of benzene rings is 3. The number of nitrogens with zero attached hydrogens (tertiary/aromatic N) is 1. The van der Waals surface area contributed by atoms with Gasteiger partial charge in [0, 0.05) is 0 Å². The van der Waals surface area contributed by atoms with Crippen molar-refractivity contribution in [3.63, 3.8) is 0 Å².